The molecule has 0 amide bonds. The first-order valence-electron chi connectivity index (χ1n) is 24.9. The van der Waals surface area contributed by atoms with Gasteiger partial charge in [-0.2, -0.15) is 0 Å². The van der Waals surface area contributed by atoms with Crippen molar-refractivity contribution in [2.24, 2.45) is 0 Å². The Kier molecular flexibility index (Phi) is 7.49. The van der Waals surface area contributed by atoms with Crippen molar-refractivity contribution in [3.8, 4) is 0 Å². The maximum atomic E-state index is 6.34. The summed E-state index contributed by atoms with van der Waals surface area (Å²) in [7, 11) is 0. The monoisotopic (exact) mass is 920 g/mol. The standard InChI is InChI=1S/C66H40N4O2/c1-3-15-39(16-4-1)67(41-27-33-61-51(35-41)43-19-9-13-25-59(43)71-61)55-31-29-45-49-37-58-50(38-57(49)69-53-23-11-7-21-47(53)63(55)65(45)69)46-30-32-56(64-48-22-8-12-24-54(48)70(58)66(46)64)68(40-17-5-2-6-18-40)42-28-34-62-52(36-42)44-20-10-14-26-60(44)72-62/h1-29,31,33-38H,30,32H2. The highest BCUT2D eigenvalue weighted by Crippen LogP contribution is 2.50. The van der Waals surface area contributed by atoms with E-state index in [-0.39, 0.29) is 0 Å². The van der Waals surface area contributed by atoms with Crippen LogP contribution in [0.15, 0.2) is 227 Å². The second-order valence-electron chi connectivity index (χ2n) is 19.5. The molecule has 6 heterocycles. The molecule has 6 nitrogen and oxygen atoms in total. The minimum absolute atomic E-state index is 0.877. The average molecular weight is 921 g/mol. The smallest absolute Gasteiger partial charge is 0.135 e. The van der Waals surface area contributed by atoms with Gasteiger partial charge in [-0.05, 0) is 122 Å². The second-order valence-corrected chi connectivity index (χ2v) is 19.5. The van der Waals surface area contributed by atoms with E-state index in [1.165, 1.54) is 81.9 Å². The number of aryl methyl sites for hydroxylation is 1. The van der Waals surface area contributed by atoms with Crippen molar-refractivity contribution in [3.05, 3.63) is 229 Å². The number of aromatic nitrogens is 2. The van der Waals surface area contributed by atoms with Crippen LogP contribution in [-0.2, 0) is 6.42 Å². The molecule has 0 saturated carbocycles. The molecule has 0 N–H and O–H groups in total. The zero-order chi connectivity index (χ0) is 46.8. The molecular weight excluding hydrogens is 881 g/mol. The van der Waals surface area contributed by atoms with Gasteiger partial charge < -0.3 is 27.4 Å². The van der Waals surface area contributed by atoms with E-state index in [4.69, 9.17) is 8.83 Å². The Morgan fingerprint density at radius 2 is 0.833 bits per heavy atom. The van der Waals surface area contributed by atoms with E-state index in [1.807, 2.05) is 12.1 Å². The summed E-state index contributed by atoms with van der Waals surface area (Å²) in [6, 6.07) is 79.4. The summed E-state index contributed by atoms with van der Waals surface area (Å²) in [6.45, 7) is 0. The highest BCUT2D eigenvalue weighted by Gasteiger charge is 2.30. The van der Waals surface area contributed by atoms with Crippen molar-refractivity contribution < 1.29 is 8.83 Å². The molecule has 336 valence electrons. The fourth-order valence-electron chi connectivity index (χ4n) is 12.9. The summed E-state index contributed by atoms with van der Waals surface area (Å²) in [5.41, 5.74) is 19.4. The molecule has 72 heavy (non-hydrogen) atoms. The molecule has 0 radical (unpaired) electrons. The van der Waals surface area contributed by atoms with Crippen molar-refractivity contribution in [3.63, 3.8) is 0 Å². The first-order chi connectivity index (χ1) is 35.7. The van der Waals surface area contributed by atoms with Gasteiger partial charge in [-0.1, -0.05) is 115 Å². The van der Waals surface area contributed by atoms with Gasteiger partial charge in [0.05, 0.1) is 38.8 Å². The molecular formula is C66H40N4O2. The number of hydrogen-bond acceptors (Lipinski definition) is 4. The normalized spacial score (nSPS) is 13.1. The number of benzene rings is 10. The molecule has 0 aliphatic heterocycles. The summed E-state index contributed by atoms with van der Waals surface area (Å²) >= 11 is 0. The summed E-state index contributed by atoms with van der Waals surface area (Å²) in [5.74, 6) is 0. The van der Waals surface area contributed by atoms with Crippen LogP contribution < -0.4 is 15.0 Å². The maximum absolute atomic E-state index is 6.34. The molecule has 6 heteroatoms. The highest BCUT2D eigenvalue weighted by molar-refractivity contribution is 6.29. The molecule has 0 saturated heterocycles. The molecule has 10 aromatic carbocycles. The zero-order valence-corrected chi connectivity index (χ0v) is 38.8. The van der Waals surface area contributed by atoms with Gasteiger partial charge in [0.15, 0.2) is 0 Å². The van der Waals surface area contributed by atoms with Gasteiger partial charge >= 0.3 is 0 Å². The Hall–Kier alpha value is -9.52. The summed E-state index contributed by atoms with van der Waals surface area (Å²) in [5, 5.41) is 13.3. The van der Waals surface area contributed by atoms with E-state index in [9.17, 15) is 0 Å². The number of anilines is 5. The Bertz CT molecular complexity index is 5000. The van der Waals surface area contributed by atoms with Crippen LogP contribution in [0, 0.1) is 0 Å². The zero-order valence-electron chi connectivity index (χ0n) is 38.8. The SMILES string of the molecule is c1ccc(N(C2=c3c4ccccc4n4c3c(c3cc5c(cc34)c3ccc(N(c4ccccc4)c4ccc6oc7ccccc7c6c4)c4c6ccccc6n5c34)CC2)c2ccc3oc4ccccc4c3c2)cc1. The number of para-hydroxylation sites is 6. The lowest BCUT2D eigenvalue weighted by molar-refractivity contribution is 0.668. The van der Waals surface area contributed by atoms with Gasteiger partial charge in [0.2, 0.25) is 0 Å². The number of hydrogen-bond donors (Lipinski definition) is 0. The predicted molar refractivity (Wildman–Crippen MR) is 298 cm³/mol. The molecule has 0 unspecified atom stereocenters. The van der Waals surface area contributed by atoms with E-state index in [0.29, 0.717) is 0 Å². The van der Waals surface area contributed by atoms with Gasteiger partial charge in [-0.3, -0.25) is 0 Å². The molecule has 1 aliphatic carbocycles. The molecule has 0 fully saturated rings. The lowest BCUT2D eigenvalue weighted by atomic mass is 9.95. The van der Waals surface area contributed by atoms with Crippen molar-refractivity contribution in [1.29, 1.82) is 0 Å². The van der Waals surface area contributed by atoms with Crippen molar-refractivity contribution in [1.82, 2.24) is 8.80 Å². The first-order valence-corrected chi connectivity index (χ1v) is 24.9. The second kappa shape index (κ2) is 14.1. The van der Waals surface area contributed by atoms with E-state index in [1.54, 1.807) is 0 Å². The predicted octanol–water partition coefficient (Wildman–Crippen LogP) is 17.3. The lowest BCUT2D eigenvalue weighted by Crippen LogP contribution is -2.25. The van der Waals surface area contributed by atoms with Crippen molar-refractivity contribution >= 4 is 143 Å². The first kappa shape index (κ1) is 38.3. The Labute approximate surface area is 411 Å². The van der Waals surface area contributed by atoms with Crippen LogP contribution in [0.25, 0.3) is 115 Å². The van der Waals surface area contributed by atoms with Gasteiger partial charge in [0, 0.05) is 87.5 Å². The topological polar surface area (TPSA) is 41.6 Å². The van der Waals surface area contributed by atoms with Gasteiger partial charge in [-0.25, -0.2) is 0 Å². The van der Waals surface area contributed by atoms with Crippen LogP contribution >= 0.6 is 0 Å². The van der Waals surface area contributed by atoms with Gasteiger partial charge in [-0.15, -0.1) is 0 Å². The van der Waals surface area contributed by atoms with Crippen molar-refractivity contribution in [2.45, 2.75) is 12.8 Å². The third-order valence-electron chi connectivity index (χ3n) is 15.8. The molecule has 1 aliphatic rings. The summed E-state index contributed by atoms with van der Waals surface area (Å²) in [6.07, 6.45) is 1.79. The Balaban J connectivity index is 0.936. The highest BCUT2D eigenvalue weighted by atomic mass is 16.3. The van der Waals surface area contributed by atoms with Crippen LogP contribution in [-0.4, -0.2) is 8.80 Å². The van der Waals surface area contributed by atoms with E-state index in [2.05, 4.69) is 225 Å². The van der Waals surface area contributed by atoms with Gasteiger partial charge in [0.25, 0.3) is 0 Å². The molecule has 0 atom stereocenters. The minimum Gasteiger partial charge on any atom is -0.456 e. The van der Waals surface area contributed by atoms with E-state index < -0.39 is 0 Å². The molecule has 0 bridgehead atoms. The molecule has 6 aromatic heterocycles. The van der Waals surface area contributed by atoms with Crippen LogP contribution in [0.1, 0.15) is 12.0 Å². The van der Waals surface area contributed by atoms with Crippen LogP contribution in [0.5, 0.6) is 0 Å². The van der Waals surface area contributed by atoms with Crippen molar-refractivity contribution in [2.75, 3.05) is 9.80 Å². The molecule has 0 spiro atoms. The Morgan fingerprint density at radius 1 is 0.319 bits per heavy atom. The maximum Gasteiger partial charge on any atom is 0.135 e. The van der Waals surface area contributed by atoms with Crippen LogP contribution in [0.3, 0.4) is 0 Å². The summed E-state index contributed by atoms with van der Waals surface area (Å²) < 4.78 is 17.8. The number of fused-ring (bicyclic) bond motifs is 18. The fourth-order valence-corrected chi connectivity index (χ4v) is 12.9. The van der Waals surface area contributed by atoms with Crippen LogP contribution in [0.4, 0.5) is 28.4 Å². The third-order valence-corrected chi connectivity index (χ3v) is 15.8. The third kappa shape index (κ3) is 5.02. The minimum atomic E-state index is 0.877. The Morgan fingerprint density at radius 3 is 1.51 bits per heavy atom. The van der Waals surface area contributed by atoms with Crippen LogP contribution in [0.2, 0.25) is 0 Å². The summed E-state index contributed by atoms with van der Waals surface area (Å²) in [4.78, 5) is 4.94. The van der Waals surface area contributed by atoms with Gasteiger partial charge in [0.1, 0.15) is 22.3 Å². The van der Waals surface area contributed by atoms with E-state index in [0.717, 1.165) is 85.2 Å². The average Bonchev–Trinajstić information content (AvgIpc) is 4.29. The number of rotatable bonds is 6. The largest absolute Gasteiger partial charge is 0.456 e. The lowest BCUT2D eigenvalue weighted by Gasteiger charge is -2.30. The quantitative estimate of drug-likeness (QED) is 0.167. The molecule has 16 aromatic rings. The molecule has 17 rings (SSSR count). The number of furan rings is 2. The number of nitrogens with zero attached hydrogens (tertiary/aromatic N) is 4. The van der Waals surface area contributed by atoms with E-state index >= 15 is 0 Å². The fraction of sp³-hybridized carbons (Fsp3) is 0.0303.